The molecule has 4 atom stereocenters. The Kier molecular flexibility index (Phi) is 6.30. The maximum absolute atomic E-state index is 13.1. The molecule has 0 aliphatic carbocycles. The van der Waals surface area contributed by atoms with E-state index in [0.29, 0.717) is 11.3 Å². The fraction of sp³-hybridized carbons (Fsp3) is 0.429. The number of carboxylic acid groups (broad SMARTS) is 1. The lowest BCUT2D eigenvalue weighted by atomic mass is 9.95. The second-order valence-corrected chi connectivity index (χ2v) is 9.69. The highest BCUT2D eigenvalue weighted by molar-refractivity contribution is 8.01. The van der Waals surface area contributed by atoms with Gasteiger partial charge in [0.2, 0.25) is 11.8 Å². The average Bonchev–Trinajstić information content (AvgIpc) is 2.98. The van der Waals surface area contributed by atoms with Crippen molar-refractivity contribution in [1.82, 2.24) is 15.5 Å². The first-order valence-electron chi connectivity index (χ1n) is 9.67. The van der Waals surface area contributed by atoms with Gasteiger partial charge in [-0.2, -0.15) is 0 Å². The molecule has 0 saturated carbocycles. The van der Waals surface area contributed by atoms with E-state index in [1.807, 2.05) is 6.07 Å². The number of rotatable bonds is 7. The molecule has 0 aromatic heterocycles. The van der Waals surface area contributed by atoms with Crippen LogP contribution in [-0.2, 0) is 23.9 Å². The number of nitrogens with one attached hydrogen (secondary N) is 2. The quantitative estimate of drug-likeness (QED) is 0.322. The second kappa shape index (κ2) is 8.62. The van der Waals surface area contributed by atoms with E-state index in [1.165, 1.54) is 29.8 Å². The maximum Gasteiger partial charge on any atom is 0.332 e. The summed E-state index contributed by atoms with van der Waals surface area (Å²) in [4.78, 5) is 50.3. The van der Waals surface area contributed by atoms with Crippen LogP contribution in [0, 0.1) is 0 Å². The largest absolute Gasteiger partial charge is 0.480 e. The van der Waals surface area contributed by atoms with E-state index in [-0.39, 0.29) is 0 Å². The van der Waals surface area contributed by atoms with Gasteiger partial charge in [-0.1, -0.05) is 30.3 Å². The van der Waals surface area contributed by atoms with Gasteiger partial charge in [0.15, 0.2) is 0 Å². The molecule has 1 aromatic carbocycles. The summed E-state index contributed by atoms with van der Waals surface area (Å²) < 4.78 is 3.94. The highest BCUT2D eigenvalue weighted by atomic mass is 32.2. The number of ether oxygens (including phenoxy) is 1. The number of hydrogen-bond acceptors (Lipinski definition) is 7. The fourth-order valence-electron chi connectivity index (χ4n) is 3.83. The van der Waals surface area contributed by atoms with E-state index in [4.69, 9.17) is 0 Å². The Morgan fingerprint density at radius 1 is 1.26 bits per heavy atom. The number of benzene rings is 1. The number of nitrogens with zero attached hydrogens (tertiary/aromatic N) is 1. The minimum Gasteiger partial charge on any atom is -0.480 e. The van der Waals surface area contributed by atoms with E-state index in [9.17, 15) is 24.3 Å². The molecule has 0 bridgehead atoms. The molecule has 2 heterocycles. The summed E-state index contributed by atoms with van der Waals surface area (Å²) >= 11 is 1.36. The van der Waals surface area contributed by atoms with E-state index in [2.05, 4.69) is 15.4 Å². The van der Waals surface area contributed by atoms with E-state index < -0.39 is 52.0 Å². The Hall–Kier alpha value is -3.01. The summed E-state index contributed by atoms with van der Waals surface area (Å²) in [6.07, 6.45) is 1.23. The van der Waals surface area contributed by atoms with Crippen molar-refractivity contribution in [2.24, 2.45) is 0 Å². The number of amides is 2. The minimum atomic E-state index is -1.06. The summed E-state index contributed by atoms with van der Waals surface area (Å²) in [5.74, 6) is -2.51. The Balaban J connectivity index is 1.79. The van der Waals surface area contributed by atoms with E-state index in [1.54, 1.807) is 45.0 Å². The number of esters is 1. The fourth-order valence-corrected chi connectivity index (χ4v) is 5.46. The van der Waals surface area contributed by atoms with Gasteiger partial charge in [-0.15, -0.1) is 11.8 Å². The van der Waals surface area contributed by atoms with Gasteiger partial charge < -0.3 is 25.4 Å². The molecular weight excluding hydrogens is 422 g/mol. The molecule has 0 spiro atoms. The first-order valence-corrected chi connectivity index (χ1v) is 10.6. The van der Waals surface area contributed by atoms with Gasteiger partial charge in [0.25, 0.3) is 0 Å². The Morgan fingerprint density at radius 3 is 2.48 bits per heavy atom. The van der Waals surface area contributed by atoms with Crippen LogP contribution >= 0.6 is 11.8 Å². The zero-order valence-electron chi connectivity index (χ0n) is 17.6. The molecule has 0 radical (unpaired) electrons. The summed E-state index contributed by atoms with van der Waals surface area (Å²) in [5.41, 5.74) is 1.06. The molecule has 9 nitrogen and oxygen atoms in total. The third kappa shape index (κ3) is 4.39. The molecule has 0 unspecified atom stereocenters. The number of thioether (sulfide) groups is 1. The van der Waals surface area contributed by atoms with Gasteiger partial charge in [-0.3, -0.25) is 9.59 Å². The van der Waals surface area contributed by atoms with Gasteiger partial charge >= 0.3 is 11.9 Å². The first kappa shape index (κ1) is 22.7. The molecule has 2 saturated heterocycles. The number of carbonyl (C=O) groups is 4. The number of carbonyl (C=O) groups excluding carboxylic acids is 3. The van der Waals surface area contributed by atoms with Crippen molar-refractivity contribution in [2.75, 3.05) is 7.11 Å². The summed E-state index contributed by atoms with van der Waals surface area (Å²) in [6.45, 7) is 5.18. The smallest absolute Gasteiger partial charge is 0.332 e. The third-order valence-electron chi connectivity index (χ3n) is 5.28. The molecule has 2 aliphatic heterocycles. The average molecular weight is 448 g/mol. The summed E-state index contributed by atoms with van der Waals surface area (Å²) in [7, 11) is 1.26. The van der Waals surface area contributed by atoms with Gasteiger partial charge in [-0.05, 0) is 26.3 Å². The van der Waals surface area contributed by atoms with Crippen LogP contribution in [0.25, 0.3) is 0 Å². The standard InChI is InChI=1S/C21H25N3O6S/c1-11(10-13(25)30-4)22-14(12-8-6-5-7-9-12)17(26)23-15-18(27)24-16(20(28)29)21(2,3)31-19(15)24/h5-10,14-16,19,22H,1-4H3,(H,23,26)(H,28,29)/b11-10+/t14-,15-,16+,19-/m1/s1. The second-order valence-electron chi connectivity index (χ2n) is 7.92. The van der Waals surface area contributed by atoms with Gasteiger partial charge in [0.1, 0.15) is 23.5 Å². The van der Waals surface area contributed by atoms with Gasteiger partial charge in [-0.25, -0.2) is 9.59 Å². The zero-order valence-corrected chi connectivity index (χ0v) is 18.4. The van der Waals surface area contributed by atoms with Crippen LogP contribution < -0.4 is 10.6 Å². The van der Waals surface area contributed by atoms with Gasteiger partial charge in [0.05, 0.1) is 7.11 Å². The molecule has 3 rings (SSSR count). The lowest BCUT2D eigenvalue weighted by molar-refractivity contribution is -0.161. The number of carboxylic acids is 1. The minimum absolute atomic E-state index is 0.416. The molecule has 166 valence electrons. The van der Waals surface area contributed by atoms with Crippen molar-refractivity contribution in [3.63, 3.8) is 0 Å². The van der Waals surface area contributed by atoms with E-state index >= 15 is 0 Å². The highest BCUT2D eigenvalue weighted by Gasteiger charge is 2.64. The lowest BCUT2D eigenvalue weighted by Gasteiger charge is -2.44. The molecule has 10 heteroatoms. The number of aliphatic carboxylic acids is 1. The third-order valence-corrected chi connectivity index (χ3v) is 6.85. The molecule has 1 aromatic rings. The van der Waals surface area contributed by atoms with Crippen LogP contribution in [0.3, 0.4) is 0 Å². The predicted molar refractivity (Wildman–Crippen MR) is 114 cm³/mol. The monoisotopic (exact) mass is 447 g/mol. The Morgan fingerprint density at radius 2 is 1.90 bits per heavy atom. The van der Waals surface area contributed by atoms with Crippen molar-refractivity contribution in [1.29, 1.82) is 0 Å². The van der Waals surface area contributed by atoms with Crippen molar-refractivity contribution in [2.45, 2.75) is 49.0 Å². The molecule has 2 amide bonds. The van der Waals surface area contributed by atoms with Crippen molar-refractivity contribution in [3.8, 4) is 0 Å². The predicted octanol–water partition coefficient (Wildman–Crippen LogP) is 1.03. The lowest BCUT2D eigenvalue weighted by Crippen LogP contribution is -2.71. The first-order chi connectivity index (χ1) is 14.6. The normalized spacial score (nSPS) is 25.2. The summed E-state index contributed by atoms with van der Waals surface area (Å²) in [5, 5.41) is 14.8. The number of hydrogen-bond donors (Lipinski definition) is 3. The maximum atomic E-state index is 13.1. The van der Waals surface area contributed by atoms with E-state index in [0.717, 1.165) is 0 Å². The number of methoxy groups -OCH3 is 1. The van der Waals surface area contributed by atoms with Crippen LogP contribution in [-0.4, -0.2) is 63.1 Å². The molecule has 3 N–H and O–H groups in total. The number of fused-ring (bicyclic) bond motifs is 1. The Bertz CT molecular complexity index is 932. The van der Waals surface area contributed by atoms with Crippen LogP contribution in [0.4, 0.5) is 0 Å². The topological polar surface area (TPSA) is 125 Å². The molecule has 2 fully saturated rings. The van der Waals surface area contributed by atoms with Crippen LogP contribution in [0.2, 0.25) is 0 Å². The van der Waals surface area contributed by atoms with Crippen molar-refractivity contribution >= 4 is 35.5 Å². The van der Waals surface area contributed by atoms with Gasteiger partial charge in [0, 0.05) is 16.5 Å². The van der Waals surface area contributed by atoms with Crippen LogP contribution in [0.5, 0.6) is 0 Å². The van der Waals surface area contributed by atoms with Crippen molar-refractivity contribution < 1.29 is 29.0 Å². The Labute approximate surface area is 184 Å². The summed E-state index contributed by atoms with van der Waals surface area (Å²) in [6, 6.07) is 6.25. The molecular formula is C21H25N3O6S. The van der Waals surface area contributed by atoms with Crippen LogP contribution in [0.15, 0.2) is 42.1 Å². The zero-order chi connectivity index (χ0) is 22.9. The number of allylic oxidation sites excluding steroid dienone is 1. The molecule has 31 heavy (non-hydrogen) atoms. The SMILES string of the molecule is COC(=O)/C=C(\C)N[C@@H](C(=O)N[C@@H]1C(=O)N2[C@@H]1SC(C)(C)[C@@H]2C(=O)O)c1ccccc1. The molecule has 2 aliphatic rings. The highest BCUT2D eigenvalue weighted by Crippen LogP contribution is 2.50. The van der Waals surface area contributed by atoms with Crippen LogP contribution in [0.1, 0.15) is 32.4 Å². The number of β-lactam (4-membered cyclic amide) rings is 1. The van der Waals surface area contributed by atoms with Crippen molar-refractivity contribution in [3.05, 3.63) is 47.7 Å².